The van der Waals surface area contributed by atoms with Crippen LogP contribution in [-0.4, -0.2) is 57.9 Å². The molecule has 8 aromatic rings. The van der Waals surface area contributed by atoms with E-state index in [4.69, 9.17) is 27.8 Å². The molecule has 0 spiro atoms. The van der Waals surface area contributed by atoms with E-state index in [2.05, 4.69) is 19.9 Å². The number of halogens is 5. The zero-order chi connectivity index (χ0) is 55.7. The number of aromatic nitrogens is 4. The van der Waals surface area contributed by atoms with Gasteiger partial charge in [0.1, 0.15) is 18.0 Å². The molecule has 6 aromatic carbocycles. The molecule has 396 valence electrons. The van der Waals surface area contributed by atoms with Crippen molar-refractivity contribution >= 4 is 68.3 Å². The molecule has 2 aromatic heterocycles. The smallest absolute Gasteiger partial charge is 0.311 e. The van der Waals surface area contributed by atoms with Crippen molar-refractivity contribution < 1.29 is 46.6 Å². The lowest BCUT2D eigenvalue weighted by atomic mass is 9.96. The Hall–Kier alpha value is -8.35. The van der Waals surface area contributed by atoms with Crippen LogP contribution < -0.4 is 11.5 Å². The van der Waals surface area contributed by atoms with Crippen LogP contribution in [0, 0.1) is 34.1 Å². The van der Waals surface area contributed by atoms with Gasteiger partial charge in [0.15, 0.2) is 23.3 Å². The number of aliphatic hydroxyl groups is 1. The number of amides is 2. The summed E-state index contributed by atoms with van der Waals surface area (Å²) in [5, 5.41) is 10.2. The summed E-state index contributed by atoms with van der Waals surface area (Å²) in [4.78, 5) is 69.8. The maximum absolute atomic E-state index is 14.4. The van der Waals surface area contributed by atoms with E-state index in [0.717, 1.165) is 46.5 Å². The quantitative estimate of drug-likeness (QED) is 0.0774. The second kappa shape index (κ2) is 22.1. The first kappa shape index (κ1) is 54.9. The standard InChI is InChI=1S/C29H26F2N4O3.C24H18F2N4O2.C5H9ClO/c1-29(2,3)27(37)38-15-19-11-22(30)23(31)12-20(19)16-8-9-24-21(10-16)25(34-28(32)33-24)26(36)35-13-17-6-4-5-7-18(17)14-35;25-19-8-16(12-31)17(9-20(19)26)13-5-6-21-18(7-13)22(29-24(27)28-21)23(32)30-10-14-3-1-2-4-15(14)11-30;1-5(2,3)4(6)7/h4-12H,13-15H2,1-3H3,(H2,32,33,34);1-9,31H,10-12H2,(H2,27,28,29);1-3H3. The minimum Gasteiger partial charge on any atom is -0.460 e. The second-order valence-electron chi connectivity index (χ2n) is 20.5. The molecule has 0 fully saturated rings. The number of carbonyl (C=O) groups is 4. The molecule has 2 aliphatic rings. The lowest BCUT2D eigenvalue weighted by Crippen LogP contribution is -2.27. The zero-order valence-electron chi connectivity index (χ0n) is 42.9. The Bertz CT molecular complexity index is 3610. The van der Waals surface area contributed by atoms with Crippen LogP contribution in [0.25, 0.3) is 44.1 Å². The summed E-state index contributed by atoms with van der Waals surface area (Å²) in [5.74, 6) is -5.36. The van der Waals surface area contributed by atoms with E-state index >= 15 is 0 Å². The molecular formula is C58H53ClF4N8O6. The fourth-order valence-corrected chi connectivity index (χ4v) is 8.53. The first-order valence-electron chi connectivity index (χ1n) is 24.2. The number of fused-ring (bicyclic) bond motifs is 4. The molecule has 0 unspecified atom stereocenters. The number of aliphatic hydroxyl groups excluding tert-OH is 1. The number of rotatable bonds is 7. The van der Waals surface area contributed by atoms with Crippen molar-refractivity contribution in [1.29, 1.82) is 0 Å². The van der Waals surface area contributed by atoms with Crippen LogP contribution in [0.1, 0.15) is 95.9 Å². The largest absolute Gasteiger partial charge is 0.460 e. The molecule has 0 radical (unpaired) electrons. The van der Waals surface area contributed by atoms with Crippen molar-refractivity contribution in [2.75, 3.05) is 11.5 Å². The van der Waals surface area contributed by atoms with Crippen LogP contribution in [-0.2, 0) is 53.7 Å². The fraction of sp³-hybridized carbons (Fsp3) is 0.241. The van der Waals surface area contributed by atoms with Crippen molar-refractivity contribution in [3.8, 4) is 22.3 Å². The highest BCUT2D eigenvalue weighted by Gasteiger charge is 2.30. The van der Waals surface area contributed by atoms with E-state index in [1.807, 2.05) is 48.5 Å². The Morgan fingerprint density at radius 2 is 0.922 bits per heavy atom. The normalized spacial score (nSPS) is 12.8. The van der Waals surface area contributed by atoms with Gasteiger partial charge in [-0.25, -0.2) is 37.5 Å². The molecule has 77 heavy (non-hydrogen) atoms. The van der Waals surface area contributed by atoms with E-state index in [-0.39, 0.29) is 63.5 Å². The number of nitrogen functional groups attached to an aromatic ring is 2. The van der Waals surface area contributed by atoms with Crippen molar-refractivity contribution in [2.45, 2.75) is 80.9 Å². The number of nitrogens with zero attached hydrogens (tertiary/aromatic N) is 6. The maximum atomic E-state index is 14.4. The predicted molar refractivity (Wildman–Crippen MR) is 284 cm³/mol. The molecule has 0 atom stereocenters. The average Bonchev–Trinajstić information content (AvgIpc) is 4.05. The van der Waals surface area contributed by atoms with Gasteiger partial charge in [-0.1, -0.05) is 81.4 Å². The number of nitrogens with two attached hydrogens (primary N) is 2. The topological polar surface area (TPSA) is 208 Å². The zero-order valence-corrected chi connectivity index (χ0v) is 43.6. The van der Waals surface area contributed by atoms with Gasteiger partial charge in [0.2, 0.25) is 17.1 Å². The summed E-state index contributed by atoms with van der Waals surface area (Å²) in [7, 11) is 0. The number of hydrogen-bond donors (Lipinski definition) is 3. The molecule has 2 aliphatic heterocycles. The molecular weight excluding hydrogens is 1020 g/mol. The lowest BCUT2D eigenvalue weighted by Gasteiger charge is -2.18. The molecule has 14 nitrogen and oxygen atoms in total. The van der Waals surface area contributed by atoms with E-state index in [0.29, 0.717) is 70.2 Å². The van der Waals surface area contributed by atoms with Gasteiger partial charge in [-0.2, -0.15) is 0 Å². The van der Waals surface area contributed by atoms with Gasteiger partial charge in [0.05, 0.1) is 23.1 Å². The number of benzene rings is 6. The third-order valence-corrected chi connectivity index (χ3v) is 13.3. The summed E-state index contributed by atoms with van der Waals surface area (Å²) in [6.45, 7) is 11.5. The van der Waals surface area contributed by atoms with Gasteiger partial charge in [-0.3, -0.25) is 19.2 Å². The van der Waals surface area contributed by atoms with Crippen LogP contribution in [0.4, 0.5) is 29.5 Å². The molecule has 10 rings (SSSR count). The number of carbonyl (C=O) groups excluding carboxylic acids is 4. The summed E-state index contributed by atoms with van der Waals surface area (Å²) >= 11 is 5.11. The SMILES string of the molecule is CC(C)(C)C(=O)Cl.CC(C)(C)C(=O)OCc1cc(F)c(F)cc1-c1ccc2nc(N)nc(C(=O)N3Cc4ccccc4C3)c2c1.Nc1nc(C(=O)N2Cc3ccccc3C2)c2cc(-c3cc(F)c(F)cc3CO)ccc2n1. The number of esters is 1. The van der Waals surface area contributed by atoms with Gasteiger partial charge in [0, 0.05) is 47.9 Å². The molecule has 2 amide bonds. The number of anilines is 2. The lowest BCUT2D eigenvalue weighted by molar-refractivity contribution is -0.154. The predicted octanol–water partition coefficient (Wildman–Crippen LogP) is 11.0. The van der Waals surface area contributed by atoms with E-state index < -0.39 is 41.3 Å². The van der Waals surface area contributed by atoms with Crippen molar-refractivity contribution in [1.82, 2.24) is 29.7 Å². The van der Waals surface area contributed by atoms with Crippen molar-refractivity contribution in [3.05, 3.63) is 177 Å². The maximum Gasteiger partial charge on any atom is 0.311 e. The Morgan fingerprint density at radius 3 is 1.29 bits per heavy atom. The van der Waals surface area contributed by atoms with Gasteiger partial charge < -0.3 is 31.1 Å². The summed E-state index contributed by atoms with van der Waals surface area (Å²) < 4.78 is 61.5. The van der Waals surface area contributed by atoms with Crippen LogP contribution in [0.2, 0.25) is 0 Å². The van der Waals surface area contributed by atoms with Gasteiger partial charge in [0.25, 0.3) is 11.8 Å². The first-order chi connectivity index (χ1) is 36.4. The van der Waals surface area contributed by atoms with E-state index in [9.17, 15) is 41.8 Å². The second-order valence-corrected chi connectivity index (χ2v) is 20.9. The van der Waals surface area contributed by atoms with Crippen molar-refractivity contribution in [2.24, 2.45) is 10.8 Å². The highest BCUT2D eigenvalue weighted by atomic mass is 35.5. The Morgan fingerprint density at radius 1 is 0.558 bits per heavy atom. The Labute approximate surface area is 445 Å². The first-order valence-corrected chi connectivity index (χ1v) is 24.6. The third kappa shape index (κ3) is 12.2. The van der Waals surface area contributed by atoms with Crippen LogP contribution in [0.3, 0.4) is 0 Å². The minimum absolute atomic E-state index is 0.0332. The molecule has 4 heterocycles. The highest BCUT2D eigenvalue weighted by Crippen LogP contribution is 2.35. The van der Waals surface area contributed by atoms with Crippen molar-refractivity contribution in [3.63, 3.8) is 0 Å². The third-order valence-electron chi connectivity index (χ3n) is 12.7. The number of hydrogen-bond acceptors (Lipinski definition) is 12. The van der Waals surface area contributed by atoms with Crippen LogP contribution in [0.5, 0.6) is 0 Å². The summed E-state index contributed by atoms with van der Waals surface area (Å²) in [5.41, 5.74) is 18.2. The molecule has 0 saturated carbocycles. The fourth-order valence-electron chi connectivity index (χ4n) is 8.53. The molecule has 5 N–H and O–H groups in total. The minimum atomic E-state index is -1.06. The highest BCUT2D eigenvalue weighted by molar-refractivity contribution is 6.64. The van der Waals surface area contributed by atoms with E-state index in [1.54, 1.807) is 87.7 Å². The van der Waals surface area contributed by atoms with Crippen LogP contribution >= 0.6 is 11.6 Å². The molecule has 19 heteroatoms. The Balaban J connectivity index is 0.000000183. The molecule has 0 aliphatic carbocycles. The number of ether oxygens (including phenoxy) is 1. The van der Waals surface area contributed by atoms with Gasteiger partial charge >= 0.3 is 5.97 Å². The summed E-state index contributed by atoms with van der Waals surface area (Å²) in [6, 6.07) is 29.5. The Kier molecular flexibility index (Phi) is 15.7. The van der Waals surface area contributed by atoms with Gasteiger partial charge in [-0.15, -0.1) is 0 Å². The molecule has 0 saturated heterocycles. The van der Waals surface area contributed by atoms with E-state index in [1.165, 1.54) is 0 Å². The summed E-state index contributed by atoms with van der Waals surface area (Å²) in [6.07, 6.45) is 0. The van der Waals surface area contributed by atoms with Crippen LogP contribution in [0.15, 0.2) is 109 Å². The molecule has 0 bridgehead atoms. The average molecular weight is 1070 g/mol. The van der Waals surface area contributed by atoms with Gasteiger partial charge in [-0.05, 0) is 131 Å². The monoisotopic (exact) mass is 1070 g/mol.